The molecule has 0 radical (unpaired) electrons. The highest BCUT2D eigenvalue weighted by Gasteiger charge is 2.52. The van der Waals surface area contributed by atoms with Crippen LogP contribution in [-0.2, 0) is 23.7 Å². The second-order valence-corrected chi connectivity index (χ2v) is 17.6. The third-order valence-electron chi connectivity index (χ3n) is 12.7. The van der Waals surface area contributed by atoms with Crippen molar-refractivity contribution in [2.45, 2.75) is 124 Å². The first-order chi connectivity index (χ1) is 33.1. The quantitative estimate of drug-likeness (QED) is 0.0759. The van der Waals surface area contributed by atoms with Crippen molar-refractivity contribution in [3.63, 3.8) is 0 Å². The highest BCUT2D eigenvalue weighted by molar-refractivity contribution is 5.94. The molecule has 19 N–H and O–H groups in total. The Labute approximate surface area is 397 Å². The van der Waals surface area contributed by atoms with Crippen molar-refractivity contribution >= 4 is 28.5 Å². The van der Waals surface area contributed by atoms with Gasteiger partial charge in [-0.25, -0.2) is 18.0 Å². The summed E-state index contributed by atoms with van der Waals surface area (Å²) in [6, 6.07) is 1.84. The number of hydrogen-bond donors (Lipinski definition) is 15. The first-order valence-corrected chi connectivity index (χ1v) is 22.4. The SMILES string of the molecule is CC1CN(c2cc3c(cc2F)c(=O)c(C(=O)O)cn3-c2ccc(F)cc2F)CCN1.NCC[C@@H](O)C(=O)NC1CC(N)C(OC2OC(CN)C(O)C(O)C2O)C(O)C1OC1OC(CO)C(O)C(N)C1O. The lowest BCUT2D eigenvalue weighted by Gasteiger charge is -2.49. The zero-order valence-corrected chi connectivity index (χ0v) is 37.7. The van der Waals surface area contributed by atoms with Crippen molar-refractivity contribution in [2.24, 2.45) is 22.9 Å². The summed E-state index contributed by atoms with van der Waals surface area (Å²) in [6.45, 7) is 2.73. The van der Waals surface area contributed by atoms with Crippen LogP contribution in [0.15, 0.2) is 41.3 Å². The highest BCUT2D eigenvalue weighted by atomic mass is 19.1. The summed E-state index contributed by atoms with van der Waals surface area (Å²) in [5.41, 5.74) is 21.7. The van der Waals surface area contributed by atoms with Gasteiger partial charge < -0.3 is 108 Å². The molecule has 17 atom stereocenters. The van der Waals surface area contributed by atoms with Crippen LogP contribution in [0.4, 0.5) is 18.9 Å². The molecule has 3 aromatic rings. The molecule has 4 aliphatic rings. The van der Waals surface area contributed by atoms with Gasteiger partial charge >= 0.3 is 5.97 Å². The molecule has 0 bridgehead atoms. The third kappa shape index (κ3) is 11.7. The monoisotopic (exact) mass is 1000 g/mol. The molecule has 1 aliphatic carbocycles. The van der Waals surface area contributed by atoms with Gasteiger partial charge in [-0.1, -0.05) is 0 Å². The molecule has 1 saturated carbocycles. The third-order valence-corrected chi connectivity index (χ3v) is 12.7. The van der Waals surface area contributed by atoms with Crippen LogP contribution in [0.25, 0.3) is 16.6 Å². The van der Waals surface area contributed by atoms with Gasteiger partial charge in [-0.2, -0.15) is 0 Å². The van der Waals surface area contributed by atoms with Crippen LogP contribution in [0, 0.1) is 17.5 Å². The number of piperazine rings is 1. The molecule has 3 saturated heterocycles. The van der Waals surface area contributed by atoms with Crippen LogP contribution in [0.5, 0.6) is 0 Å². The van der Waals surface area contributed by atoms with Crippen molar-refractivity contribution in [2.75, 3.05) is 44.2 Å². The number of carboxylic acid groups (broad SMARTS) is 1. The second kappa shape index (κ2) is 23.4. The Morgan fingerprint density at radius 3 is 2.17 bits per heavy atom. The molecule has 1 amide bonds. The van der Waals surface area contributed by atoms with E-state index in [-0.39, 0.29) is 54.3 Å². The number of carboxylic acids is 1. The van der Waals surface area contributed by atoms with Crippen LogP contribution in [0.2, 0.25) is 0 Å². The van der Waals surface area contributed by atoms with E-state index >= 15 is 0 Å². The molecule has 2 aromatic carbocycles. The number of carbonyl (C=O) groups is 2. The number of aliphatic hydroxyl groups is 8. The fraction of sp³-hybridized carbons (Fsp3) is 0.605. The molecule has 3 aliphatic heterocycles. The number of amides is 1. The van der Waals surface area contributed by atoms with Gasteiger partial charge in [-0.3, -0.25) is 9.59 Å². The van der Waals surface area contributed by atoms with Crippen LogP contribution < -0.4 is 43.9 Å². The van der Waals surface area contributed by atoms with Crippen molar-refractivity contribution < 1.29 is 87.7 Å². The number of ether oxygens (including phenoxy) is 4. The van der Waals surface area contributed by atoms with Crippen LogP contribution >= 0.6 is 0 Å². The number of carbonyl (C=O) groups excluding carboxylic acids is 1. The van der Waals surface area contributed by atoms with Crippen LogP contribution in [-0.4, -0.2) is 206 Å². The van der Waals surface area contributed by atoms with E-state index in [1.165, 1.54) is 6.07 Å². The maximum Gasteiger partial charge on any atom is 0.341 e. The van der Waals surface area contributed by atoms with Crippen molar-refractivity contribution in [3.05, 3.63) is 69.8 Å². The largest absolute Gasteiger partial charge is 0.477 e. The zero-order valence-electron chi connectivity index (χ0n) is 37.7. The Balaban J connectivity index is 0.000000238. The van der Waals surface area contributed by atoms with E-state index in [0.29, 0.717) is 25.7 Å². The summed E-state index contributed by atoms with van der Waals surface area (Å²) >= 11 is 0. The minimum Gasteiger partial charge on any atom is -0.477 e. The van der Waals surface area contributed by atoms with Gasteiger partial charge in [0.25, 0.3) is 0 Å². The predicted molar refractivity (Wildman–Crippen MR) is 237 cm³/mol. The van der Waals surface area contributed by atoms with Crippen LogP contribution in [0.3, 0.4) is 0 Å². The first-order valence-electron chi connectivity index (χ1n) is 22.4. The molecule has 1 aromatic heterocycles. The fourth-order valence-electron chi connectivity index (χ4n) is 8.82. The summed E-state index contributed by atoms with van der Waals surface area (Å²) in [4.78, 5) is 38.6. The van der Waals surface area contributed by atoms with Gasteiger partial charge in [0.1, 0.15) is 90.2 Å². The molecule has 0 spiro atoms. The summed E-state index contributed by atoms with van der Waals surface area (Å²) < 4.78 is 66.5. The van der Waals surface area contributed by atoms with Gasteiger partial charge in [0.05, 0.1) is 35.6 Å². The number of halogens is 3. The molecule has 27 heteroatoms. The minimum absolute atomic E-state index is 0.0101. The fourth-order valence-corrected chi connectivity index (χ4v) is 8.82. The molecule has 4 heterocycles. The number of nitrogens with two attached hydrogens (primary N) is 4. The molecular weight excluding hydrogens is 942 g/mol. The second-order valence-electron chi connectivity index (χ2n) is 17.6. The molecule has 70 heavy (non-hydrogen) atoms. The highest BCUT2D eigenvalue weighted by Crippen LogP contribution is 2.33. The van der Waals surface area contributed by atoms with Crippen molar-refractivity contribution in [1.82, 2.24) is 15.2 Å². The van der Waals surface area contributed by atoms with E-state index in [0.717, 1.165) is 29.0 Å². The summed E-state index contributed by atoms with van der Waals surface area (Å²) in [7, 11) is 0. The average molecular weight is 1000 g/mol. The number of rotatable bonds is 13. The Morgan fingerprint density at radius 2 is 1.54 bits per heavy atom. The standard InChI is InChI=1S/C22H43N5O13.C21H18F3N3O3/c23-2-1-8(29)20(36)27-7-3-6(25)18(39-22-16(34)15(33)13(31)9(4-24)37-22)17(35)19(7)40-21-14(32)11(26)12(30)10(5-28)38-21;1-11-9-26(5-4-25-11)19-8-18-13(7-16(19)24)20(28)14(21(29)30)10-27(18)17-3-2-12(22)6-15(17)23/h6-19,21-22,28-35H,1-5,23-26H2,(H,27,36);2-3,6-8,10-11,25H,4-5,9H2,1H3,(H,29,30)/t6?,7?,8-,9?,10?,11?,12?,13?,14?,15?,16?,17?,18?,19?,21?,22?;/m1./s1. The lowest BCUT2D eigenvalue weighted by atomic mass is 9.83. The van der Waals surface area contributed by atoms with E-state index in [9.17, 15) is 73.5 Å². The van der Waals surface area contributed by atoms with Gasteiger partial charge in [0.15, 0.2) is 12.6 Å². The average Bonchev–Trinajstić information content (AvgIpc) is 3.31. The van der Waals surface area contributed by atoms with Gasteiger partial charge in [0.2, 0.25) is 11.3 Å². The Kier molecular flexibility index (Phi) is 18.3. The number of nitrogens with one attached hydrogen (secondary N) is 2. The van der Waals surface area contributed by atoms with E-state index in [4.69, 9.17) is 41.9 Å². The van der Waals surface area contributed by atoms with E-state index in [1.807, 2.05) is 6.92 Å². The van der Waals surface area contributed by atoms with Crippen molar-refractivity contribution in [1.29, 1.82) is 0 Å². The van der Waals surface area contributed by atoms with Gasteiger partial charge in [0, 0.05) is 55.9 Å². The number of fused-ring (bicyclic) bond motifs is 1. The maximum absolute atomic E-state index is 14.9. The number of hydrogen-bond acceptors (Lipinski definition) is 21. The smallest absolute Gasteiger partial charge is 0.341 e. The molecule has 24 nitrogen and oxygen atoms in total. The lowest BCUT2D eigenvalue weighted by molar-refractivity contribution is -0.332. The molecule has 16 unspecified atom stereocenters. The lowest BCUT2D eigenvalue weighted by Crippen LogP contribution is -2.69. The first kappa shape index (κ1) is 54.8. The topological polar surface area (TPSA) is 407 Å². The number of nitrogens with zero attached hydrogens (tertiary/aromatic N) is 2. The van der Waals surface area contributed by atoms with E-state index < -0.39 is 145 Å². The Hall–Kier alpha value is -4.50. The minimum atomic E-state index is -1.76. The number of anilines is 1. The summed E-state index contributed by atoms with van der Waals surface area (Å²) in [5, 5.41) is 97.3. The number of aromatic nitrogens is 1. The van der Waals surface area contributed by atoms with E-state index in [2.05, 4.69) is 10.6 Å². The maximum atomic E-state index is 14.9. The number of aliphatic hydroxyl groups excluding tert-OH is 8. The Morgan fingerprint density at radius 1 is 0.886 bits per heavy atom. The van der Waals surface area contributed by atoms with E-state index in [1.54, 1.807) is 4.90 Å². The number of aromatic carboxylic acids is 1. The number of pyridine rings is 1. The molecular formula is C43H61F3N8O16. The predicted octanol–water partition coefficient (Wildman–Crippen LogP) is -5.52. The normalized spacial score (nSPS) is 34.1. The number of benzene rings is 2. The van der Waals surface area contributed by atoms with Gasteiger partial charge in [-0.05, 0) is 50.6 Å². The zero-order chi connectivity index (χ0) is 51.5. The summed E-state index contributed by atoms with van der Waals surface area (Å²) in [5.74, 6) is -4.80. The molecule has 4 fully saturated rings. The molecule has 390 valence electrons. The van der Waals surface area contributed by atoms with Gasteiger partial charge in [-0.15, -0.1) is 0 Å². The van der Waals surface area contributed by atoms with Crippen molar-refractivity contribution in [3.8, 4) is 5.69 Å². The molecule has 7 rings (SSSR count). The summed E-state index contributed by atoms with van der Waals surface area (Å²) in [6.07, 6.45) is -18.8. The Bertz CT molecular complexity index is 2360. The van der Waals surface area contributed by atoms with Crippen LogP contribution in [0.1, 0.15) is 30.1 Å².